The van der Waals surface area contributed by atoms with E-state index >= 15 is 0 Å². The van der Waals surface area contributed by atoms with E-state index in [2.05, 4.69) is 80.3 Å². The van der Waals surface area contributed by atoms with Crippen molar-refractivity contribution >= 4 is 21.6 Å². The van der Waals surface area contributed by atoms with Crippen LogP contribution >= 0.6 is 11.3 Å². The van der Waals surface area contributed by atoms with E-state index in [1.165, 1.54) is 16.7 Å². The predicted molar refractivity (Wildman–Crippen MR) is 118 cm³/mol. The van der Waals surface area contributed by atoms with Crippen molar-refractivity contribution in [3.8, 4) is 22.8 Å². The molecular formula is C24H24N2OS. The zero-order valence-corrected chi connectivity index (χ0v) is 17.7. The number of thiophene rings is 1. The van der Waals surface area contributed by atoms with Crippen LogP contribution in [0.3, 0.4) is 0 Å². The highest BCUT2D eigenvalue weighted by molar-refractivity contribution is 7.17. The van der Waals surface area contributed by atoms with Crippen LogP contribution in [0.25, 0.3) is 21.3 Å². The monoisotopic (exact) mass is 388 g/mol. The number of rotatable bonds is 3. The Balaban J connectivity index is 1.75. The minimum Gasteiger partial charge on any atom is -0.438 e. The van der Waals surface area contributed by atoms with Crippen LogP contribution in [0.4, 0.5) is 0 Å². The molecule has 0 amide bonds. The molecule has 2 aromatic carbocycles. The fourth-order valence-corrected chi connectivity index (χ4v) is 4.09. The highest BCUT2D eigenvalue weighted by atomic mass is 32.1. The third-order valence-corrected chi connectivity index (χ3v) is 5.97. The molecular weight excluding hydrogens is 364 g/mol. The number of nitrogens with zero attached hydrogens (tertiary/aromatic N) is 2. The van der Waals surface area contributed by atoms with Crippen molar-refractivity contribution in [3.63, 3.8) is 0 Å². The van der Waals surface area contributed by atoms with E-state index in [0.717, 1.165) is 27.1 Å². The number of aromatic nitrogens is 2. The number of ether oxygens (including phenoxy) is 1. The summed E-state index contributed by atoms with van der Waals surface area (Å²) in [4.78, 5) is 9.82. The molecule has 4 rings (SSSR count). The molecule has 0 fully saturated rings. The Hall–Kier alpha value is -2.72. The molecule has 0 saturated heterocycles. The standard InChI is InChI=1S/C24H24N2OS/c1-15-6-7-17(12-16(15)2)20-13-28-23-21(20)22(25-14-26-23)27-19-10-8-18(9-11-19)24(3,4)5/h6-14H,1-5H3. The second-order valence-corrected chi connectivity index (χ2v) is 9.04. The van der Waals surface area contributed by atoms with E-state index in [1.54, 1.807) is 17.7 Å². The third kappa shape index (κ3) is 3.52. The zero-order valence-electron chi connectivity index (χ0n) is 16.9. The topological polar surface area (TPSA) is 35.0 Å². The quantitative estimate of drug-likeness (QED) is 0.376. The molecule has 0 bridgehead atoms. The molecule has 142 valence electrons. The molecule has 0 N–H and O–H groups in total. The maximum atomic E-state index is 6.19. The van der Waals surface area contributed by atoms with Gasteiger partial charge in [0, 0.05) is 10.9 Å². The SMILES string of the molecule is Cc1ccc(-c2csc3ncnc(Oc4ccc(C(C)(C)C)cc4)c23)cc1C. The van der Waals surface area contributed by atoms with E-state index in [4.69, 9.17) is 4.74 Å². The van der Waals surface area contributed by atoms with Crippen LogP contribution in [0.5, 0.6) is 11.6 Å². The first-order chi connectivity index (χ1) is 13.3. The van der Waals surface area contributed by atoms with Crippen molar-refractivity contribution < 1.29 is 4.74 Å². The van der Waals surface area contributed by atoms with Gasteiger partial charge in [0.2, 0.25) is 5.88 Å². The summed E-state index contributed by atoms with van der Waals surface area (Å²) < 4.78 is 6.19. The zero-order chi connectivity index (χ0) is 19.9. The first kappa shape index (κ1) is 18.6. The summed E-state index contributed by atoms with van der Waals surface area (Å²) in [5.41, 5.74) is 6.23. The van der Waals surface area contributed by atoms with Crippen LogP contribution in [-0.4, -0.2) is 9.97 Å². The van der Waals surface area contributed by atoms with Crippen molar-refractivity contribution in [1.29, 1.82) is 0 Å². The van der Waals surface area contributed by atoms with Crippen molar-refractivity contribution in [2.75, 3.05) is 0 Å². The molecule has 0 unspecified atom stereocenters. The Kier molecular flexibility index (Phi) is 4.68. The van der Waals surface area contributed by atoms with Gasteiger partial charge >= 0.3 is 0 Å². The van der Waals surface area contributed by atoms with E-state index in [1.807, 2.05) is 12.1 Å². The van der Waals surface area contributed by atoms with Crippen molar-refractivity contribution in [2.24, 2.45) is 0 Å². The van der Waals surface area contributed by atoms with Gasteiger partial charge in [-0.25, -0.2) is 9.97 Å². The normalized spacial score (nSPS) is 11.8. The van der Waals surface area contributed by atoms with Crippen molar-refractivity contribution in [2.45, 2.75) is 40.0 Å². The predicted octanol–water partition coefficient (Wildman–Crippen LogP) is 7.06. The summed E-state index contributed by atoms with van der Waals surface area (Å²) in [6.45, 7) is 10.9. The van der Waals surface area contributed by atoms with Crippen LogP contribution in [0.2, 0.25) is 0 Å². The largest absolute Gasteiger partial charge is 0.438 e. The summed E-state index contributed by atoms with van der Waals surface area (Å²) >= 11 is 1.62. The number of aryl methyl sites for hydroxylation is 2. The summed E-state index contributed by atoms with van der Waals surface area (Å²) in [5.74, 6) is 1.38. The Morgan fingerprint density at radius 3 is 2.32 bits per heavy atom. The maximum absolute atomic E-state index is 6.19. The lowest BCUT2D eigenvalue weighted by Gasteiger charge is -2.19. The van der Waals surface area contributed by atoms with Crippen LogP contribution in [0.15, 0.2) is 54.2 Å². The van der Waals surface area contributed by atoms with Crippen LogP contribution < -0.4 is 4.74 Å². The summed E-state index contributed by atoms with van der Waals surface area (Å²) in [6, 6.07) is 14.8. The second-order valence-electron chi connectivity index (χ2n) is 8.18. The first-order valence-corrected chi connectivity index (χ1v) is 10.3. The van der Waals surface area contributed by atoms with Crippen molar-refractivity contribution in [1.82, 2.24) is 9.97 Å². The van der Waals surface area contributed by atoms with Gasteiger partial charge in [0.05, 0.1) is 5.39 Å². The van der Waals surface area contributed by atoms with Crippen molar-refractivity contribution in [3.05, 3.63) is 70.9 Å². The van der Waals surface area contributed by atoms with E-state index in [9.17, 15) is 0 Å². The van der Waals surface area contributed by atoms with Gasteiger partial charge in [0.25, 0.3) is 0 Å². The van der Waals surface area contributed by atoms with Gasteiger partial charge in [-0.05, 0) is 53.6 Å². The van der Waals surface area contributed by atoms with Crippen LogP contribution in [-0.2, 0) is 5.41 Å². The number of hydrogen-bond acceptors (Lipinski definition) is 4. The van der Waals surface area contributed by atoms with E-state index in [0.29, 0.717) is 5.88 Å². The molecule has 4 heteroatoms. The number of fused-ring (bicyclic) bond motifs is 1. The highest BCUT2D eigenvalue weighted by Crippen LogP contribution is 2.39. The molecule has 4 aromatic rings. The minimum atomic E-state index is 0.116. The first-order valence-electron chi connectivity index (χ1n) is 9.41. The summed E-state index contributed by atoms with van der Waals surface area (Å²) in [5, 5.41) is 3.11. The molecule has 0 aliphatic carbocycles. The van der Waals surface area contributed by atoms with Gasteiger partial charge in [0.15, 0.2) is 0 Å². The smallest absolute Gasteiger partial charge is 0.231 e. The van der Waals surface area contributed by atoms with Gasteiger partial charge in [-0.2, -0.15) is 0 Å². The Labute approximate surface area is 170 Å². The van der Waals surface area contributed by atoms with Gasteiger partial charge in [-0.15, -0.1) is 11.3 Å². The van der Waals surface area contributed by atoms with Crippen LogP contribution in [0.1, 0.15) is 37.5 Å². The molecule has 0 aliphatic heterocycles. The number of benzene rings is 2. The minimum absolute atomic E-state index is 0.116. The molecule has 3 nitrogen and oxygen atoms in total. The molecule has 2 heterocycles. The van der Waals surface area contributed by atoms with E-state index in [-0.39, 0.29) is 5.41 Å². The summed E-state index contributed by atoms with van der Waals surface area (Å²) in [7, 11) is 0. The maximum Gasteiger partial charge on any atom is 0.231 e. The fraction of sp³-hybridized carbons (Fsp3) is 0.250. The fourth-order valence-electron chi connectivity index (χ4n) is 3.18. The number of hydrogen-bond donors (Lipinski definition) is 0. The van der Waals surface area contributed by atoms with Crippen LogP contribution in [0, 0.1) is 13.8 Å². The lowest BCUT2D eigenvalue weighted by molar-refractivity contribution is 0.467. The third-order valence-electron chi connectivity index (χ3n) is 5.09. The Morgan fingerprint density at radius 1 is 0.893 bits per heavy atom. The Bertz CT molecular complexity index is 1140. The molecule has 2 aromatic heterocycles. The average molecular weight is 389 g/mol. The molecule has 0 saturated carbocycles. The lowest BCUT2D eigenvalue weighted by atomic mass is 9.87. The lowest BCUT2D eigenvalue weighted by Crippen LogP contribution is -2.10. The second kappa shape index (κ2) is 7.02. The average Bonchev–Trinajstić information content (AvgIpc) is 3.09. The van der Waals surface area contributed by atoms with E-state index < -0.39 is 0 Å². The molecule has 0 radical (unpaired) electrons. The van der Waals surface area contributed by atoms with Gasteiger partial charge in [0.1, 0.15) is 16.9 Å². The highest BCUT2D eigenvalue weighted by Gasteiger charge is 2.16. The molecule has 28 heavy (non-hydrogen) atoms. The van der Waals surface area contributed by atoms with Gasteiger partial charge < -0.3 is 4.74 Å². The van der Waals surface area contributed by atoms with Gasteiger partial charge in [-0.3, -0.25) is 0 Å². The summed E-state index contributed by atoms with van der Waals surface area (Å²) in [6.07, 6.45) is 1.57. The Morgan fingerprint density at radius 2 is 1.64 bits per heavy atom. The molecule has 0 spiro atoms. The molecule has 0 atom stereocenters. The molecule has 0 aliphatic rings. The van der Waals surface area contributed by atoms with Gasteiger partial charge in [-0.1, -0.05) is 51.1 Å².